The summed E-state index contributed by atoms with van der Waals surface area (Å²) in [5.41, 5.74) is 2.97. The van der Waals surface area contributed by atoms with Crippen LogP contribution in [-0.4, -0.2) is 41.3 Å². The summed E-state index contributed by atoms with van der Waals surface area (Å²) in [7, 11) is 3.17. The van der Waals surface area contributed by atoms with E-state index in [-0.39, 0.29) is 6.61 Å². The van der Waals surface area contributed by atoms with Crippen molar-refractivity contribution in [2.24, 2.45) is 0 Å². The Bertz CT molecular complexity index is 1240. The molecule has 0 radical (unpaired) electrons. The van der Waals surface area contributed by atoms with Gasteiger partial charge in [0.05, 0.1) is 31.9 Å². The minimum Gasteiger partial charge on any atom is -0.493 e. The Hall–Kier alpha value is -4.07. The molecule has 32 heavy (non-hydrogen) atoms. The van der Waals surface area contributed by atoms with Crippen molar-refractivity contribution in [3.63, 3.8) is 0 Å². The average molecular weight is 432 g/mol. The number of hydrogen-bond donors (Lipinski definition) is 1. The number of carbonyl (C=O) groups excluding carboxylic acids is 1. The quantitative estimate of drug-likeness (QED) is 0.417. The monoisotopic (exact) mass is 432 g/mol. The summed E-state index contributed by atoms with van der Waals surface area (Å²) in [6.45, 7) is 2.57. The number of ether oxygens (including phenoxy) is 3. The lowest BCUT2D eigenvalue weighted by molar-refractivity contribution is 0.0527. The number of rotatable bonds is 8. The predicted molar refractivity (Wildman–Crippen MR) is 122 cm³/mol. The van der Waals surface area contributed by atoms with Crippen molar-refractivity contribution in [1.82, 2.24) is 14.5 Å². The molecule has 8 nitrogen and oxygen atoms in total. The zero-order valence-corrected chi connectivity index (χ0v) is 18.2. The molecular formula is C24H24N4O4. The van der Waals surface area contributed by atoms with E-state index in [1.54, 1.807) is 39.6 Å². The molecule has 164 valence electrons. The molecule has 0 fully saturated rings. The van der Waals surface area contributed by atoms with Crippen LogP contribution in [-0.2, 0) is 11.3 Å². The fourth-order valence-electron chi connectivity index (χ4n) is 3.39. The van der Waals surface area contributed by atoms with Crippen LogP contribution in [0.4, 0.5) is 5.82 Å². The first-order chi connectivity index (χ1) is 15.6. The number of aromatic nitrogens is 3. The Morgan fingerprint density at radius 1 is 1.03 bits per heavy atom. The lowest BCUT2D eigenvalue weighted by atomic mass is 10.2. The number of benzene rings is 2. The first kappa shape index (κ1) is 21.2. The number of fused-ring (bicyclic) bond motifs is 1. The second-order valence-electron chi connectivity index (χ2n) is 6.94. The van der Waals surface area contributed by atoms with E-state index in [9.17, 15) is 4.79 Å². The molecule has 0 bridgehead atoms. The smallest absolute Gasteiger partial charge is 0.341 e. The molecule has 0 amide bonds. The first-order valence-corrected chi connectivity index (χ1v) is 10.2. The minimum absolute atomic E-state index is 0.284. The number of nitrogens with one attached hydrogen (secondary N) is 1. The lowest BCUT2D eigenvalue weighted by Crippen LogP contribution is -2.13. The van der Waals surface area contributed by atoms with Gasteiger partial charge in [0.1, 0.15) is 23.5 Å². The predicted octanol–water partition coefficient (Wildman–Crippen LogP) is 4.23. The SMILES string of the molecule is CCOC(=O)c1ccc(-n2cnc3cc(OC)c(OC)cc32)nc1NCc1ccccc1. The molecule has 0 aliphatic rings. The van der Waals surface area contributed by atoms with Crippen LogP contribution in [0.25, 0.3) is 16.9 Å². The Balaban J connectivity index is 1.75. The summed E-state index contributed by atoms with van der Waals surface area (Å²) in [6, 6.07) is 17.0. The molecule has 8 heteroatoms. The summed E-state index contributed by atoms with van der Waals surface area (Å²) in [4.78, 5) is 21.7. The lowest BCUT2D eigenvalue weighted by Gasteiger charge is -2.13. The number of methoxy groups -OCH3 is 2. The van der Waals surface area contributed by atoms with Crippen molar-refractivity contribution < 1.29 is 19.0 Å². The topological polar surface area (TPSA) is 87.5 Å². The second-order valence-corrected chi connectivity index (χ2v) is 6.94. The van der Waals surface area contributed by atoms with Gasteiger partial charge in [-0.3, -0.25) is 4.57 Å². The van der Waals surface area contributed by atoms with E-state index in [4.69, 9.17) is 19.2 Å². The highest BCUT2D eigenvalue weighted by Gasteiger charge is 2.17. The Morgan fingerprint density at radius 3 is 2.50 bits per heavy atom. The fraction of sp³-hybridized carbons (Fsp3) is 0.208. The van der Waals surface area contributed by atoms with Crippen LogP contribution in [0.5, 0.6) is 11.5 Å². The maximum absolute atomic E-state index is 12.5. The number of carbonyl (C=O) groups is 1. The van der Waals surface area contributed by atoms with Crippen LogP contribution in [0.1, 0.15) is 22.8 Å². The van der Waals surface area contributed by atoms with Crippen LogP contribution in [0.2, 0.25) is 0 Å². The first-order valence-electron chi connectivity index (χ1n) is 10.2. The Labute approximate surface area is 185 Å². The number of pyridine rings is 1. The standard InChI is InChI=1S/C24H24N4O4/c1-4-32-24(29)17-10-11-22(27-23(17)25-14-16-8-6-5-7-9-16)28-15-26-18-12-20(30-2)21(31-3)13-19(18)28/h5-13,15H,4,14H2,1-3H3,(H,25,27). The van der Waals surface area contributed by atoms with Crippen LogP contribution < -0.4 is 14.8 Å². The number of imidazole rings is 1. The van der Waals surface area contributed by atoms with Crippen molar-refractivity contribution >= 4 is 22.8 Å². The molecule has 0 aliphatic heterocycles. The van der Waals surface area contributed by atoms with Gasteiger partial charge in [-0.05, 0) is 24.6 Å². The molecule has 1 N–H and O–H groups in total. The molecule has 0 saturated carbocycles. The van der Waals surface area contributed by atoms with Crippen molar-refractivity contribution in [2.75, 3.05) is 26.1 Å². The molecule has 2 heterocycles. The zero-order valence-electron chi connectivity index (χ0n) is 18.2. The normalized spacial score (nSPS) is 10.7. The Kier molecular flexibility index (Phi) is 6.21. The van der Waals surface area contributed by atoms with Gasteiger partial charge in [0, 0.05) is 18.7 Å². The van der Waals surface area contributed by atoms with Gasteiger partial charge < -0.3 is 19.5 Å². The van der Waals surface area contributed by atoms with Crippen LogP contribution in [0.3, 0.4) is 0 Å². The van der Waals surface area contributed by atoms with E-state index in [1.807, 2.05) is 47.0 Å². The van der Waals surface area contributed by atoms with Crippen molar-refractivity contribution in [2.45, 2.75) is 13.5 Å². The second kappa shape index (κ2) is 9.38. The van der Waals surface area contributed by atoms with Crippen LogP contribution in [0, 0.1) is 0 Å². The van der Waals surface area contributed by atoms with E-state index >= 15 is 0 Å². The molecule has 4 rings (SSSR count). The molecule has 0 spiro atoms. The van der Waals surface area contributed by atoms with Gasteiger partial charge in [-0.2, -0.15) is 0 Å². The summed E-state index contributed by atoms with van der Waals surface area (Å²) in [6.07, 6.45) is 1.68. The third-order valence-corrected chi connectivity index (χ3v) is 4.98. The van der Waals surface area contributed by atoms with E-state index in [0.717, 1.165) is 16.6 Å². The van der Waals surface area contributed by atoms with E-state index in [0.29, 0.717) is 35.2 Å². The maximum Gasteiger partial charge on any atom is 0.341 e. The highest BCUT2D eigenvalue weighted by atomic mass is 16.5. The minimum atomic E-state index is -0.427. The summed E-state index contributed by atoms with van der Waals surface area (Å²) in [5.74, 6) is 1.80. The third-order valence-electron chi connectivity index (χ3n) is 4.98. The number of anilines is 1. The summed E-state index contributed by atoms with van der Waals surface area (Å²) in [5, 5.41) is 3.27. The van der Waals surface area contributed by atoms with E-state index < -0.39 is 5.97 Å². The molecule has 2 aromatic carbocycles. The van der Waals surface area contributed by atoms with Crippen LogP contribution in [0.15, 0.2) is 60.9 Å². The Morgan fingerprint density at radius 2 is 1.78 bits per heavy atom. The van der Waals surface area contributed by atoms with Gasteiger partial charge in [0.2, 0.25) is 0 Å². The van der Waals surface area contributed by atoms with Crippen LogP contribution >= 0.6 is 0 Å². The van der Waals surface area contributed by atoms with Gasteiger partial charge in [-0.1, -0.05) is 30.3 Å². The highest BCUT2D eigenvalue weighted by molar-refractivity contribution is 5.95. The molecule has 2 aromatic heterocycles. The van der Waals surface area contributed by atoms with Gasteiger partial charge in [-0.15, -0.1) is 0 Å². The van der Waals surface area contributed by atoms with Gasteiger partial charge in [0.25, 0.3) is 0 Å². The molecular weight excluding hydrogens is 408 g/mol. The summed E-state index contributed by atoms with van der Waals surface area (Å²) < 4.78 is 17.8. The number of esters is 1. The van der Waals surface area contributed by atoms with E-state index in [1.165, 1.54) is 0 Å². The maximum atomic E-state index is 12.5. The highest BCUT2D eigenvalue weighted by Crippen LogP contribution is 2.32. The van der Waals surface area contributed by atoms with Gasteiger partial charge >= 0.3 is 5.97 Å². The molecule has 0 atom stereocenters. The molecule has 4 aromatic rings. The zero-order chi connectivity index (χ0) is 22.5. The van der Waals surface area contributed by atoms with Gasteiger partial charge in [-0.25, -0.2) is 14.8 Å². The number of hydrogen-bond acceptors (Lipinski definition) is 7. The fourth-order valence-corrected chi connectivity index (χ4v) is 3.39. The van der Waals surface area contributed by atoms with Crippen molar-refractivity contribution in [3.8, 4) is 17.3 Å². The molecule has 0 saturated heterocycles. The van der Waals surface area contributed by atoms with Crippen molar-refractivity contribution in [1.29, 1.82) is 0 Å². The van der Waals surface area contributed by atoms with Gasteiger partial charge in [0.15, 0.2) is 11.5 Å². The number of nitrogens with zero attached hydrogens (tertiary/aromatic N) is 3. The third kappa shape index (κ3) is 4.20. The molecule has 0 aliphatic carbocycles. The van der Waals surface area contributed by atoms with Crippen molar-refractivity contribution in [3.05, 3.63) is 72.1 Å². The molecule has 0 unspecified atom stereocenters. The largest absolute Gasteiger partial charge is 0.493 e. The summed E-state index contributed by atoms with van der Waals surface area (Å²) >= 11 is 0. The average Bonchev–Trinajstić information content (AvgIpc) is 3.25. The van der Waals surface area contributed by atoms with E-state index in [2.05, 4.69) is 10.3 Å².